The SMILES string of the molecule is COc1cccc(-c2cn(C(F)F)nc2C)c1C(=O)N(C(C)C)C(C)C. The second-order valence-electron chi connectivity index (χ2n) is 6.67. The molecule has 0 spiro atoms. The third-order valence-electron chi connectivity index (χ3n) is 4.21. The van der Waals surface area contributed by atoms with Gasteiger partial charge in [0, 0.05) is 29.4 Å². The molecule has 2 rings (SSSR count). The Morgan fingerprint density at radius 3 is 2.23 bits per heavy atom. The molecule has 0 unspecified atom stereocenters. The predicted molar refractivity (Wildman–Crippen MR) is 96.6 cm³/mol. The van der Waals surface area contributed by atoms with E-state index in [1.807, 2.05) is 27.7 Å². The Bertz CT molecular complexity index is 777. The maximum absolute atomic E-state index is 13.3. The standard InChI is InChI=1S/C19H25F2N3O2/c1-11(2)24(12(3)4)18(25)17-14(8-7-9-16(17)26-6)15-10-23(19(20)21)22-13(15)5/h7-12,19H,1-6H3. The lowest BCUT2D eigenvalue weighted by Gasteiger charge is -2.32. The normalized spacial score (nSPS) is 11.5. The van der Waals surface area contributed by atoms with Crippen LogP contribution >= 0.6 is 0 Å². The number of hydrogen-bond donors (Lipinski definition) is 0. The van der Waals surface area contributed by atoms with Gasteiger partial charge in [0.1, 0.15) is 5.75 Å². The predicted octanol–water partition coefficient (Wildman–Crippen LogP) is 4.52. The Morgan fingerprint density at radius 1 is 1.15 bits per heavy atom. The molecular formula is C19H25F2N3O2. The van der Waals surface area contributed by atoms with Crippen LogP contribution in [-0.4, -0.2) is 39.8 Å². The molecule has 1 aromatic carbocycles. The average molecular weight is 365 g/mol. The van der Waals surface area contributed by atoms with E-state index in [4.69, 9.17) is 4.74 Å². The summed E-state index contributed by atoms with van der Waals surface area (Å²) in [5.74, 6) is 0.203. The lowest BCUT2D eigenvalue weighted by Crippen LogP contribution is -2.42. The van der Waals surface area contributed by atoms with Gasteiger partial charge in [-0.1, -0.05) is 12.1 Å². The number of alkyl halides is 2. The fourth-order valence-corrected chi connectivity index (χ4v) is 3.19. The molecule has 0 atom stereocenters. The van der Waals surface area contributed by atoms with Crippen molar-refractivity contribution in [2.45, 2.75) is 53.3 Å². The van der Waals surface area contributed by atoms with Gasteiger partial charge in [0.2, 0.25) is 0 Å². The number of methoxy groups -OCH3 is 1. The van der Waals surface area contributed by atoms with E-state index in [9.17, 15) is 13.6 Å². The Hall–Kier alpha value is -2.44. The molecule has 0 bridgehead atoms. The monoisotopic (exact) mass is 365 g/mol. The number of carbonyl (C=O) groups is 1. The van der Waals surface area contributed by atoms with Crippen molar-refractivity contribution >= 4 is 5.91 Å². The zero-order valence-electron chi connectivity index (χ0n) is 16.0. The van der Waals surface area contributed by atoms with Crippen molar-refractivity contribution in [3.8, 4) is 16.9 Å². The number of rotatable bonds is 6. The number of nitrogens with zero attached hydrogens (tertiary/aromatic N) is 3. The van der Waals surface area contributed by atoms with Crippen LogP contribution in [0.2, 0.25) is 0 Å². The molecule has 5 nitrogen and oxygen atoms in total. The summed E-state index contributed by atoms with van der Waals surface area (Å²) in [5, 5.41) is 3.86. The largest absolute Gasteiger partial charge is 0.496 e. The lowest BCUT2D eigenvalue weighted by molar-refractivity contribution is 0.0563. The molecular weight excluding hydrogens is 340 g/mol. The molecule has 0 saturated carbocycles. The van der Waals surface area contributed by atoms with Crippen LogP contribution in [0.1, 0.15) is 50.3 Å². The van der Waals surface area contributed by atoms with Gasteiger partial charge in [-0.3, -0.25) is 4.79 Å². The van der Waals surface area contributed by atoms with Gasteiger partial charge < -0.3 is 9.64 Å². The van der Waals surface area contributed by atoms with Crippen LogP contribution in [-0.2, 0) is 0 Å². The molecule has 1 amide bonds. The van der Waals surface area contributed by atoms with Gasteiger partial charge >= 0.3 is 6.55 Å². The van der Waals surface area contributed by atoms with Crippen molar-refractivity contribution in [2.75, 3.05) is 7.11 Å². The van der Waals surface area contributed by atoms with Crippen molar-refractivity contribution in [1.82, 2.24) is 14.7 Å². The average Bonchev–Trinajstić information content (AvgIpc) is 2.95. The van der Waals surface area contributed by atoms with E-state index in [2.05, 4.69) is 5.10 Å². The van der Waals surface area contributed by atoms with Gasteiger partial charge in [0.15, 0.2) is 0 Å². The molecule has 0 aliphatic heterocycles. The minimum Gasteiger partial charge on any atom is -0.496 e. The first kappa shape index (κ1) is 19.9. The zero-order valence-corrected chi connectivity index (χ0v) is 16.0. The van der Waals surface area contributed by atoms with E-state index in [0.29, 0.717) is 32.8 Å². The highest BCUT2D eigenvalue weighted by molar-refractivity contribution is 6.04. The van der Waals surface area contributed by atoms with Crippen LogP contribution in [0.5, 0.6) is 5.75 Å². The quantitative estimate of drug-likeness (QED) is 0.756. The van der Waals surface area contributed by atoms with Crippen LogP contribution < -0.4 is 4.74 Å². The van der Waals surface area contributed by atoms with Crippen LogP contribution in [0.3, 0.4) is 0 Å². The molecule has 0 fully saturated rings. The second kappa shape index (κ2) is 7.85. The molecule has 0 aliphatic carbocycles. The maximum Gasteiger partial charge on any atom is 0.333 e. The fourth-order valence-electron chi connectivity index (χ4n) is 3.19. The third-order valence-corrected chi connectivity index (χ3v) is 4.21. The number of benzene rings is 1. The van der Waals surface area contributed by atoms with Crippen molar-refractivity contribution in [2.24, 2.45) is 0 Å². The molecule has 0 radical (unpaired) electrons. The highest BCUT2D eigenvalue weighted by Gasteiger charge is 2.28. The molecule has 26 heavy (non-hydrogen) atoms. The highest BCUT2D eigenvalue weighted by Crippen LogP contribution is 2.34. The minimum absolute atomic E-state index is 0.0230. The van der Waals surface area contributed by atoms with E-state index >= 15 is 0 Å². The Kier molecular flexibility index (Phi) is 6.00. The number of ether oxygens (including phenoxy) is 1. The Labute approximate surface area is 152 Å². The summed E-state index contributed by atoms with van der Waals surface area (Å²) in [6.07, 6.45) is 1.26. The molecule has 0 aliphatic rings. The lowest BCUT2D eigenvalue weighted by atomic mass is 9.97. The first-order chi connectivity index (χ1) is 12.2. The van der Waals surface area contributed by atoms with E-state index < -0.39 is 6.55 Å². The summed E-state index contributed by atoms with van der Waals surface area (Å²) < 4.78 is 32.1. The number of hydrogen-bond acceptors (Lipinski definition) is 3. The van der Waals surface area contributed by atoms with Gasteiger partial charge in [-0.2, -0.15) is 13.9 Å². The number of aromatic nitrogens is 2. The van der Waals surface area contributed by atoms with Gasteiger partial charge in [0.25, 0.3) is 5.91 Å². The number of halogens is 2. The van der Waals surface area contributed by atoms with Crippen molar-refractivity contribution < 1.29 is 18.3 Å². The highest BCUT2D eigenvalue weighted by atomic mass is 19.3. The van der Waals surface area contributed by atoms with Crippen molar-refractivity contribution in [3.63, 3.8) is 0 Å². The Balaban J connectivity index is 2.68. The fraction of sp³-hybridized carbons (Fsp3) is 0.474. The summed E-state index contributed by atoms with van der Waals surface area (Å²) in [7, 11) is 1.49. The summed E-state index contributed by atoms with van der Waals surface area (Å²) in [6.45, 7) is 6.65. The molecule has 1 heterocycles. The molecule has 2 aromatic rings. The topological polar surface area (TPSA) is 47.4 Å². The smallest absolute Gasteiger partial charge is 0.333 e. The van der Waals surface area contributed by atoms with Crippen LogP contribution in [0.25, 0.3) is 11.1 Å². The number of amides is 1. The Morgan fingerprint density at radius 2 is 1.77 bits per heavy atom. The van der Waals surface area contributed by atoms with Crippen LogP contribution in [0.4, 0.5) is 8.78 Å². The molecule has 0 N–H and O–H groups in total. The summed E-state index contributed by atoms with van der Waals surface area (Å²) in [6, 6.07) is 5.12. The third kappa shape index (κ3) is 3.71. The minimum atomic E-state index is -2.74. The summed E-state index contributed by atoms with van der Waals surface area (Å²) in [4.78, 5) is 15.1. The number of carbonyl (C=O) groups excluding carboxylic acids is 1. The van der Waals surface area contributed by atoms with Gasteiger partial charge in [0.05, 0.1) is 18.4 Å². The first-order valence-electron chi connectivity index (χ1n) is 8.53. The van der Waals surface area contributed by atoms with Gasteiger partial charge in [-0.15, -0.1) is 0 Å². The number of aryl methyl sites for hydroxylation is 1. The van der Waals surface area contributed by atoms with Crippen LogP contribution in [0, 0.1) is 6.92 Å². The van der Waals surface area contributed by atoms with E-state index in [0.717, 1.165) is 0 Å². The van der Waals surface area contributed by atoms with Crippen LogP contribution in [0.15, 0.2) is 24.4 Å². The second-order valence-corrected chi connectivity index (χ2v) is 6.67. The zero-order chi connectivity index (χ0) is 19.6. The van der Waals surface area contributed by atoms with E-state index in [-0.39, 0.29) is 18.0 Å². The summed E-state index contributed by atoms with van der Waals surface area (Å²) >= 11 is 0. The first-order valence-corrected chi connectivity index (χ1v) is 8.53. The molecule has 1 aromatic heterocycles. The summed E-state index contributed by atoms with van der Waals surface area (Å²) in [5.41, 5.74) is 1.80. The maximum atomic E-state index is 13.3. The van der Waals surface area contributed by atoms with E-state index in [1.165, 1.54) is 13.3 Å². The molecule has 0 saturated heterocycles. The molecule has 142 valence electrons. The molecule has 7 heteroatoms. The van der Waals surface area contributed by atoms with Gasteiger partial charge in [-0.05, 0) is 40.7 Å². The van der Waals surface area contributed by atoms with E-state index in [1.54, 1.807) is 30.0 Å². The van der Waals surface area contributed by atoms with Crippen molar-refractivity contribution in [1.29, 1.82) is 0 Å². The van der Waals surface area contributed by atoms with Crippen molar-refractivity contribution in [3.05, 3.63) is 35.7 Å². The van der Waals surface area contributed by atoms with Gasteiger partial charge in [-0.25, -0.2) is 4.68 Å².